The molecule has 0 spiro atoms. The zero-order valence-electron chi connectivity index (χ0n) is 11.1. The van der Waals surface area contributed by atoms with Crippen LogP contribution in [0.2, 0.25) is 0 Å². The Bertz CT molecular complexity index is 598. The van der Waals surface area contributed by atoms with E-state index in [4.69, 9.17) is 5.10 Å². The van der Waals surface area contributed by atoms with E-state index < -0.39 is 0 Å². The Balaban J connectivity index is 1.76. The van der Waals surface area contributed by atoms with Crippen molar-refractivity contribution in [2.45, 2.75) is 32.2 Å². The molecule has 4 nitrogen and oxygen atoms in total. The van der Waals surface area contributed by atoms with Gasteiger partial charge in [0.15, 0.2) is 0 Å². The minimum Gasteiger partial charge on any atom is -0.370 e. The molecule has 1 atom stereocenters. The minimum absolute atomic E-state index is 0.471. The van der Waals surface area contributed by atoms with Gasteiger partial charge in [0, 0.05) is 30.6 Å². The maximum Gasteiger partial charge on any atom is 0.125 e. The molecule has 98 valence electrons. The first-order valence-corrected chi connectivity index (χ1v) is 7.00. The van der Waals surface area contributed by atoms with E-state index in [0.717, 1.165) is 23.6 Å². The third kappa shape index (κ3) is 1.74. The number of pyridine rings is 1. The number of nitrogens with zero attached hydrogens (tertiary/aromatic N) is 3. The summed E-state index contributed by atoms with van der Waals surface area (Å²) in [7, 11) is 0. The summed E-state index contributed by atoms with van der Waals surface area (Å²) >= 11 is 0. The molecule has 0 bridgehead atoms. The summed E-state index contributed by atoms with van der Waals surface area (Å²) in [5.41, 5.74) is 2.65. The van der Waals surface area contributed by atoms with Gasteiger partial charge >= 0.3 is 0 Å². The molecule has 2 aromatic rings. The fourth-order valence-electron chi connectivity index (χ4n) is 3.06. The molecular weight excluding hydrogens is 236 g/mol. The van der Waals surface area contributed by atoms with Crippen LogP contribution in [0.4, 0.5) is 5.82 Å². The number of fused-ring (bicyclic) bond motifs is 1. The van der Waals surface area contributed by atoms with E-state index in [-0.39, 0.29) is 0 Å². The fraction of sp³-hybridized carbons (Fsp3) is 0.467. The van der Waals surface area contributed by atoms with Crippen molar-refractivity contribution in [3.05, 3.63) is 30.6 Å². The van der Waals surface area contributed by atoms with Crippen molar-refractivity contribution in [2.24, 2.45) is 5.41 Å². The van der Waals surface area contributed by atoms with E-state index >= 15 is 0 Å². The summed E-state index contributed by atoms with van der Waals surface area (Å²) in [6.07, 6.45) is 7.49. The Kier molecular flexibility index (Phi) is 2.22. The molecule has 4 rings (SSSR count). The smallest absolute Gasteiger partial charge is 0.125 e. The highest BCUT2D eigenvalue weighted by molar-refractivity contribution is 5.63. The number of hydrogen-bond donors (Lipinski definition) is 1. The Morgan fingerprint density at radius 2 is 2.11 bits per heavy atom. The average Bonchev–Trinajstić information content (AvgIpc) is 3.05. The van der Waals surface area contributed by atoms with Crippen molar-refractivity contribution in [1.82, 2.24) is 14.8 Å². The van der Waals surface area contributed by atoms with Crippen LogP contribution >= 0.6 is 0 Å². The van der Waals surface area contributed by atoms with Gasteiger partial charge in [-0.2, -0.15) is 5.10 Å². The van der Waals surface area contributed by atoms with Crippen LogP contribution in [0.25, 0.3) is 11.3 Å². The Hall–Kier alpha value is -1.84. The summed E-state index contributed by atoms with van der Waals surface area (Å²) < 4.78 is 2.21. The van der Waals surface area contributed by atoms with E-state index in [9.17, 15) is 0 Å². The van der Waals surface area contributed by atoms with Gasteiger partial charge in [0.1, 0.15) is 5.82 Å². The van der Waals surface area contributed by atoms with Gasteiger partial charge in [-0.15, -0.1) is 0 Å². The summed E-state index contributed by atoms with van der Waals surface area (Å²) in [4.78, 5) is 4.07. The summed E-state index contributed by atoms with van der Waals surface area (Å²) in [6, 6.07) is 6.75. The van der Waals surface area contributed by atoms with Gasteiger partial charge in [0.2, 0.25) is 0 Å². The van der Waals surface area contributed by atoms with Gasteiger partial charge in [0.05, 0.1) is 11.7 Å². The van der Waals surface area contributed by atoms with Crippen LogP contribution in [-0.2, 0) is 0 Å². The molecule has 4 heteroatoms. The van der Waals surface area contributed by atoms with Crippen molar-refractivity contribution in [3.63, 3.8) is 0 Å². The van der Waals surface area contributed by atoms with Gasteiger partial charge in [-0.25, -0.2) is 4.68 Å². The lowest BCUT2D eigenvalue weighted by molar-refractivity contribution is 0.285. The molecule has 1 aliphatic carbocycles. The number of hydrogen-bond acceptors (Lipinski definition) is 3. The molecule has 1 unspecified atom stereocenters. The Labute approximate surface area is 112 Å². The lowest BCUT2D eigenvalue weighted by Gasteiger charge is -2.30. The highest BCUT2D eigenvalue weighted by Gasteiger charge is 2.47. The lowest BCUT2D eigenvalue weighted by Crippen LogP contribution is -2.28. The predicted octanol–water partition coefficient (Wildman–Crippen LogP) is 3.10. The highest BCUT2D eigenvalue weighted by atomic mass is 15.4. The van der Waals surface area contributed by atoms with Gasteiger partial charge in [-0.1, -0.05) is 6.92 Å². The number of anilines is 1. The molecule has 0 saturated heterocycles. The van der Waals surface area contributed by atoms with E-state index in [2.05, 4.69) is 28.0 Å². The SMILES string of the molecule is CC1(C2CCNc3cc(-c4ccncc4)nn32)CC1. The molecule has 0 aromatic carbocycles. The summed E-state index contributed by atoms with van der Waals surface area (Å²) in [6.45, 7) is 3.45. The molecule has 1 fully saturated rings. The van der Waals surface area contributed by atoms with Gasteiger partial charge in [-0.05, 0) is 36.8 Å². The topological polar surface area (TPSA) is 42.7 Å². The van der Waals surface area contributed by atoms with Crippen molar-refractivity contribution >= 4 is 5.82 Å². The van der Waals surface area contributed by atoms with Crippen molar-refractivity contribution < 1.29 is 0 Å². The van der Waals surface area contributed by atoms with Crippen LogP contribution in [-0.4, -0.2) is 21.3 Å². The summed E-state index contributed by atoms with van der Waals surface area (Å²) in [5, 5.41) is 8.30. The second-order valence-corrected chi connectivity index (χ2v) is 5.98. The first-order chi connectivity index (χ1) is 9.26. The standard InChI is InChI=1S/C15H18N4/c1-15(5-6-15)13-4-9-17-14-10-12(18-19(13)14)11-2-7-16-8-3-11/h2-3,7-8,10,13,17H,4-6,9H2,1H3. The molecule has 1 aliphatic heterocycles. The van der Waals surface area contributed by atoms with Crippen LogP contribution < -0.4 is 5.32 Å². The zero-order chi connectivity index (χ0) is 12.9. The number of aromatic nitrogens is 3. The van der Waals surface area contributed by atoms with Gasteiger partial charge < -0.3 is 5.32 Å². The van der Waals surface area contributed by atoms with E-state index in [1.54, 1.807) is 0 Å². The molecule has 0 amide bonds. The molecule has 1 N–H and O–H groups in total. The maximum absolute atomic E-state index is 4.84. The molecule has 0 radical (unpaired) electrons. The molecule has 19 heavy (non-hydrogen) atoms. The molecule has 2 aliphatic rings. The van der Waals surface area contributed by atoms with Crippen LogP contribution in [0.1, 0.15) is 32.2 Å². The zero-order valence-corrected chi connectivity index (χ0v) is 11.1. The van der Waals surface area contributed by atoms with Crippen LogP contribution in [0, 0.1) is 5.41 Å². The first kappa shape index (κ1) is 11.0. The van der Waals surface area contributed by atoms with Crippen LogP contribution in [0.15, 0.2) is 30.6 Å². The summed E-state index contributed by atoms with van der Waals surface area (Å²) in [5.74, 6) is 1.16. The van der Waals surface area contributed by atoms with E-state index in [0.29, 0.717) is 11.5 Å². The Morgan fingerprint density at radius 3 is 2.84 bits per heavy atom. The fourth-order valence-corrected chi connectivity index (χ4v) is 3.06. The number of nitrogens with one attached hydrogen (secondary N) is 1. The molecule has 2 aromatic heterocycles. The largest absolute Gasteiger partial charge is 0.370 e. The first-order valence-electron chi connectivity index (χ1n) is 7.00. The quantitative estimate of drug-likeness (QED) is 0.895. The van der Waals surface area contributed by atoms with Gasteiger partial charge in [0.25, 0.3) is 0 Å². The van der Waals surface area contributed by atoms with Crippen LogP contribution in [0.3, 0.4) is 0 Å². The third-order valence-corrected chi connectivity index (χ3v) is 4.57. The molecule has 1 saturated carbocycles. The van der Waals surface area contributed by atoms with E-state index in [1.165, 1.54) is 19.3 Å². The monoisotopic (exact) mass is 254 g/mol. The third-order valence-electron chi connectivity index (χ3n) is 4.57. The second kappa shape index (κ2) is 3.83. The van der Waals surface area contributed by atoms with Gasteiger partial charge in [-0.3, -0.25) is 4.98 Å². The van der Waals surface area contributed by atoms with Crippen molar-refractivity contribution in [2.75, 3.05) is 11.9 Å². The molecular formula is C15H18N4. The van der Waals surface area contributed by atoms with Crippen molar-refractivity contribution in [1.29, 1.82) is 0 Å². The lowest BCUT2D eigenvalue weighted by atomic mass is 9.95. The normalized spacial score (nSPS) is 23.5. The second-order valence-electron chi connectivity index (χ2n) is 5.98. The minimum atomic E-state index is 0.471. The van der Waals surface area contributed by atoms with E-state index in [1.807, 2.05) is 24.5 Å². The number of rotatable bonds is 2. The maximum atomic E-state index is 4.84. The average molecular weight is 254 g/mol. The Morgan fingerprint density at radius 1 is 1.32 bits per heavy atom. The predicted molar refractivity (Wildman–Crippen MR) is 74.9 cm³/mol. The highest BCUT2D eigenvalue weighted by Crippen LogP contribution is 2.56. The molecule has 3 heterocycles. The van der Waals surface area contributed by atoms with Crippen molar-refractivity contribution in [3.8, 4) is 11.3 Å². The van der Waals surface area contributed by atoms with Crippen LogP contribution in [0.5, 0.6) is 0 Å².